The van der Waals surface area contributed by atoms with E-state index < -0.39 is 0 Å². The van der Waals surface area contributed by atoms with Gasteiger partial charge < -0.3 is 0 Å². The number of hydrogen-bond acceptors (Lipinski definition) is 1. The Labute approximate surface area is 102 Å². The third-order valence-corrected chi connectivity index (χ3v) is 2.92. The van der Waals surface area contributed by atoms with Crippen LogP contribution in [0.15, 0.2) is 60.7 Å². The van der Waals surface area contributed by atoms with E-state index >= 15 is 0 Å². The Morgan fingerprint density at radius 2 is 1.47 bits per heavy atom. The second-order valence-electron chi connectivity index (χ2n) is 4.12. The third-order valence-electron chi connectivity index (χ3n) is 2.92. The van der Waals surface area contributed by atoms with E-state index in [9.17, 15) is 5.26 Å². The second-order valence-corrected chi connectivity index (χ2v) is 4.12. The van der Waals surface area contributed by atoms with E-state index in [0.29, 0.717) is 0 Å². The molecule has 2 aromatic rings. The van der Waals surface area contributed by atoms with Gasteiger partial charge in [0.05, 0.1) is 12.0 Å². The van der Waals surface area contributed by atoms with Crippen molar-refractivity contribution in [3.05, 3.63) is 71.8 Å². The molecule has 0 aromatic heterocycles. The lowest BCUT2D eigenvalue weighted by atomic mass is 9.94. The van der Waals surface area contributed by atoms with E-state index in [1.165, 1.54) is 5.56 Å². The van der Waals surface area contributed by atoms with Gasteiger partial charge in [0.15, 0.2) is 0 Å². The molecular weight excluding hydrogens is 206 g/mol. The summed E-state index contributed by atoms with van der Waals surface area (Å²) in [5.74, 6) is -0.00333. The molecule has 0 aliphatic rings. The minimum atomic E-state index is -0.00333. The molecule has 1 atom stereocenters. The van der Waals surface area contributed by atoms with Crippen molar-refractivity contribution < 1.29 is 0 Å². The van der Waals surface area contributed by atoms with Crippen LogP contribution < -0.4 is 0 Å². The maximum atomic E-state index is 9.21. The van der Waals surface area contributed by atoms with E-state index in [2.05, 4.69) is 18.2 Å². The lowest BCUT2D eigenvalue weighted by molar-refractivity contribution is 0.746. The summed E-state index contributed by atoms with van der Waals surface area (Å²) in [7, 11) is 0. The van der Waals surface area contributed by atoms with Gasteiger partial charge >= 0.3 is 0 Å². The molecule has 1 heteroatoms. The quantitative estimate of drug-likeness (QED) is 0.767. The second kappa shape index (κ2) is 5.86. The van der Waals surface area contributed by atoms with Crippen molar-refractivity contribution in [2.75, 3.05) is 0 Å². The summed E-state index contributed by atoms with van der Waals surface area (Å²) in [5, 5.41) is 9.21. The molecule has 0 amide bonds. The van der Waals surface area contributed by atoms with Crippen LogP contribution in [0.2, 0.25) is 0 Å². The monoisotopic (exact) mass is 221 g/mol. The molecule has 0 fully saturated rings. The first-order chi connectivity index (χ1) is 8.40. The summed E-state index contributed by atoms with van der Waals surface area (Å²) in [6.45, 7) is 0. The van der Waals surface area contributed by atoms with Crippen LogP contribution in [-0.4, -0.2) is 0 Å². The fourth-order valence-electron chi connectivity index (χ4n) is 1.95. The van der Waals surface area contributed by atoms with Gasteiger partial charge in [-0.1, -0.05) is 60.7 Å². The summed E-state index contributed by atoms with van der Waals surface area (Å²) in [5.41, 5.74) is 2.41. The predicted molar refractivity (Wildman–Crippen MR) is 69.6 cm³/mol. The Kier molecular flexibility index (Phi) is 3.94. The Bertz CT molecular complexity index is 482. The topological polar surface area (TPSA) is 23.8 Å². The highest BCUT2D eigenvalue weighted by Gasteiger charge is 2.09. The Hall–Kier alpha value is -2.07. The van der Waals surface area contributed by atoms with Crippen LogP contribution in [-0.2, 0) is 6.42 Å². The van der Waals surface area contributed by atoms with E-state index in [1.54, 1.807) is 0 Å². The summed E-state index contributed by atoms with van der Waals surface area (Å²) in [4.78, 5) is 0. The van der Waals surface area contributed by atoms with Crippen molar-refractivity contribution >= 4 is 0 Å². The van der Waals surface area contributed by atoms with E-state index in [4.69, 9.17) is 0 Å². The average molecular weight is 221 g/mol. The standard InChI is InChI=1S/C16H15N/c17-13-16(15-9-5-2-6-10-15)12-11-14-7-3-1-4-8-14/h1-10,16H,11-12H2/t16-/m0/s1. The first kappa shape index (κ1) is 11.4. The van der Waals surface area contributed by atoms with Gasteiger partial charge in [0.25, 0.3) is 0 Å². The van der Waals surface area contributed by atoms with Crippen molar-refractivity contribution in [2.45, 2.75) is 18.8 Å². The summed E-state index contributed by atoms with van der Waals surface area (Å²) < 4.78 is 0. The molecule has 0 saturated carbocycles. The van der Waals surface area contributed by atoms with Crippen LogP contribution in [0.4, 0.5) is 0 Å². The zero-order valence-electron chi connectivity index (χ0n) is 9.71. The van der Waals surface area contributed by atoms with Crippen molar-refractivity contribution in [3.63, 3.8) is 0 Å². The molecule has 84 valence electrons. The number of nitriles is 1. The van der Waals surface area contributed by atoms with Crippen molar-refractivity contribution in [1.82, 2.24) is 0 Å². The minimum Gasteiger partial charge on any atom is -0.198 e. The molecule has 2 aromatic carbocycles. The molecule has 0 radical (unpaired) electrons. The van der Waals surface area contributed by atoms with Crippen molar-refractivity contribution in [3.8, 4) is 6.07 Å². The molecule has 1 nitrogen and oxygen atoms in total. The Balaban J connectivity index is 2.01. The van der Waals surface area contributed by atoms with Gasteiger partial charge in [0.2, 0.25) is 0 Å². The summed E-state index contributed by atoms with van der Waals surface area (Å²) in [6, 6.07) is 22.7. The number of nitrogens with zero attached hydrogens (tertiary/aromatic N) is 1. The molecule has 0 unspecified atom stereocenters. The molecule has 0 N–H and O–H groups in total. The van der Waals surface area contributed by atoms with Crippen molar-refractivity contribution in [1.29, 1.82) is 5.26 Å². The minimum absolute atomic E-state index is 0.00333. The van der Waals surface area contributed by atoms with E-state index in [1.807, 2.05) is 48.5 Å². The van der Waals surface area contributed by atoms with Crippen LogP contribution in [0.5, 0.6) is 0 Å². The number of hydrogen-bond donors (Lipinski definition) is 0. The molecule has 2 rings (SSSR count). The average Bonchev–Trinajstić information content (AvgIpc) is 2.42. The normalized spacial score (nSPS) is 11.7. The zero-order valence-corrected chi connectivity index (χ0v) is 9.71. The maximum Gasteiger partial charge on any atom is 0.0715 e. The van der Waals surface area contributed by atoms with Crippen LogP contribution in [0.25, 0.3) is 0 Å². The van der Waals surface area contributed by atoms with E-state index in [-0.39, 0.29) is 5.92 Å². The molecule has 0 bridgehead atoms. The summed E-state index contributed by atoms with van der Waals surface area (Å²) >= 11 is 0. The number of benzene rings is 2. The fourth-order valence-corrected chi connectivity index (χ4v) is 1.95. The smallest absolute Gasteiger partial charge is 0.0715 e. The van der Waals surface area contributed by atoms with Gasteiger partial charge in [-0.3, -0.25) is 0 Å². The van der Waals surface area contributed by atoms with Gasteiger partial charge in [-0.25, -0.2) is 0 Å². The Morgan fingerprint density at radius 3 is 2.06 bits per heavy atom. The van der Waals surface area contributed by atoms with Gasteiger partial charge in [0, 0.05) is 0 Å². The lowest BCUT2D eigenvalue weighted by Crippen LogP contribution is -1.98. The fraction of sp³-hybridized carbons (Fsp3) is 0.188. The summed E-state index contributed by atoms with van der Waals surface area (Å²) in [6.07, 6.45) is 1.83. The first-order valence-electron chi connectivity index (χ1n) is 5.88. The Morgan fingerprint density at radius 1 is 0.882 bits per heavy atom. The molecule has 0 spiro atoms. The van der Waals surface area contributed by atoms with Crippen LogP contribution >= 0.6 is 0 Å². The SMILES string of the molecule is N#C[C@H](CCc1ccccc1)c1ccccc1. The first-order valence-corrected chi connectivity index (χ1v) is 5.88. The molecule has 0 heterocycles. The third kappa shape index (κ3) is 3.19. The molecule has 0 aliphatic carbocycles. The molecule has 0 saturated heterocycles. The highest BCUT2D eigenvalue weighted by atomic mass is 14.3. The van der Waals surface area contributed by atoms with Crippen LogP contribution in [0, 0.1) is 11.3 Å². The van der Waals surface area contributed by atoms with E-state index in [0.717, 1.165) is 18.4 Å². The zero-order chi connectivity index (χ0) is 11.9. The van der Waals surface area contributed by atoms with Crippen LogP contribution in [0.3, 0.4) is 0 Å². The van der Waals surface area contributed by atoms with Gasteiger partial charge in [-0.2, -0.15) is 5.26 Å². The van der Waals surface area contributed by atoms with Crippen LogP contribution in [0.1, 0.15) is 23.5 Å². The number of aryl methyl sites for hydroxylation is 1. The predicted octanol–water partition coefficient (Wildman–Crippen LogP) is 3.93. The molecule has 0 aliphatic heterocycles. The van der Waals surface area contributed by atoms with Gasteiger partial charge in [0.1, 0.15) is 0 Å². The molecule has 17 heavy (non-hydrogen) atoms. The van der Waals surface area contributed by atoms with Gasteiger partial charge in [-0.15, -0.1) is 0 Å². The largest absolute Gasteiger partial charge is 0.198 e. The maximum absolute atomic E-state index is 9.21. The highest BCUT2D eigenvalue weighted by molar-refractivity contribution is 5.25. The molecular formula is C16H15N. The van der Waals surface area contributed by atoms with Crippen molar-refractivity contribution in [2.24, 2.45) is 0 Å². The number of rotatable bonds is 4. The van der Waals surface area contributed by atoms with Gasteiger partial charge in [-0.05, 0) is 24.0 Å². The highest BCUT2D eigenvalue weighted by Crippen LogP contribution is 2.20. The lowest BCUT2D eigenvalue weighted by Gasteiger charge is -2.09.